The Morgan fingerprint density at radius 1 is 1.33 bits per heavy atom. The van der Waals surface area contributed by atoms with E-state index in [1.54, 1.807) is 12.1 Å². The Kier molecular flexibility index (Phi) is 3.45. The van der Waals surface area contributed by atoms with Crippen molar-refractivity contribution in [3.05, 3.63) is 29.3 Å². The number of ether oxygens (including phenoxy) is 1. The molecule has 3 rings (SSSR count). The zero-order valence-corrected chi connectivity index (χ0v) is 12.4. The number of hydrogen-bond acceptors (Lipinski definition) is 4. The van der Waals surface area contributed by atoms with Crippen molar-refractivity contribution in [2.24, 2.45) is 0 Å². The molecule has 1 aromatic carbocycles. The zero-order chi connectivity index (χ0) is 15.0. The number of benzene rings is 1. The molecular weight excluding hydrogens is 268 g/mol. The van der Waals surface area contributed by atoms with Crippen LogP contribution in [0.5, 0.6) is 0 Å². The monoisotopic (exact) mass is 288 g/mol. The van der Waals surface area contributed by atoms with E-state index in [0.29, 0.717) is 17.2 Å². The number of fused-ring (bicyclic) bond motifs is 1. The van der Waals surface area contributed by atoms with Crippen molar-refractivity contribution in [2.75, 3.05) is 11.9 Å². The van der Waals surface area contributed by atoms with Gasteiger partial charge in [0.2, 0.25) is 0 Å². The van der Waals surface area contributed by atoms with Crippen molar-refractivity contribution in [1.29, 1.82) is 0 Å². The quantitative estimate of drug-likeness (QED) is 0.838. The fourth-order valence-corrected chi connectivity index (χ4v) is 2.99. The minimum Gasteiger partial charge on any atom is -0.382 e. The van der Waals surface area contributed by atoms with Crippen LogP contribution in [0, 0.1) is 0 Å². The molecule has 2 unspecified atom stereocenters. The molecule has 5 nitrogen and oxygen atoms in total. The van der Waals surface area contributed by atoms with E-state index in [2.05, 4.69) is 24.5 Å². The Hall–Kier alpha value is -1.88. The van der Waals surface area contributed by atoms with Gasteiger partial charge in [-0.2, -0.15) is 0 Å². The van der Waals surface area contributed by atoms with E-state index in [0.717, 1.165) is 31.6 Å². The summed E-state index contributed by atoms with van der Waals surface area (Å²) < 4.78 is 5.84. The van der Waals surface area contributed by atoms with Crippen molar-refractivity contribution in [3.8, 4) is 0 Å². The summed E-state index contributed by atoms with van der Waals surface area (Å²) in [5.41, 5.74) is 1.70. The molecule has 0 saturated carbocycles. The first-order valence-electron chi connectivity index (χ1n) is 7.41. The van der Waals surface area contributed by atoms with Crippen molar-refractivity contribution in [2.45, 2.75) is 44.8 Å². The van der Waals surface area contributed by atoms with E-state index >= 15 is 0 Å². The molecule has 2 aliphatic heterocycles. The molecule has 1 saturated heterocycles. The fraction of sp³-hybridized carbons (Fsp3) is 0.500. The van der Waals surface area contributed by atoms with Gasteiger partial charge in [0.25, 0.3) is 11.8 Å². The van der Waals surface area contributed by atoms with E-state index in [1.807, 2.05) is 6.07 Å². The van der Waals surface area contributed by atoms with Crippen LogP contribution in [-0.2, 0) is 4.74 Å². The molecule has 1 aromatic rings. The topological polar surface area (TPSA) is 67.4 Å². The van der Waals surface area contributed by atoms with Crippen molar-refractivity contribution >= 4 is 17.5 Å². The molecule has 2 N–H and O–H groups in total. The minimum absolute atomic E-state index is 0.0833. The molecule has 0 radical (unpaired) electrons. The summed E-state index contributed by atoms with van der Waals surface area (Å²) in [7, 11) is 0. The average molecular weight is 288 g/mol. The van der Waals surface area contributed by atoms with Crippen LogP contribution in [0.25, 0.3) is 0 Å². The minimum atomic E-state index is -0.316. The summed E-state index contributed by atoms with van der Waals surface area (Å²) in [6, 6.07) is 5.64. The smallest absolute Gasteiger partial charge is 0.259 e. The SMILES string of the molecule is CCC1(C)CC(Nc2ccc3c(c2)C(=O)NC3=O)CCO1. The number of carbonyl (C=O) groups is 2. The van der Waals surface area contributed by atoms with Crippen LogP contribution in [0.2, 0.25) is 0 Å². The summed E-state index contributed by atoms with van der Waals surface area (Å²) in [5, 5.41) is 5.77. The lowest BCUT2D eigenvalue weighted by atomic mass is 9.89. The predicted molar refractivity (Wildman–Crippen MR) is 79.5 cm³/mol. The van der Waals surface area contributed by atoms with E-state index in [9.17, 15) is 9.59 Å². The van der Waals surface area contributed by atoms with Crippen LogP contribution in [0.1, 0.15) is 53.8 Å². The van der Waals surface area contributed by atoms with Gasteiger partial charge >= 0.3 is 0 Å². The summed E-state index contributed by atoms with van der Waals surface area (Å²) in [6.45, 7) is 5.01. The second-order valence-corrected chi connectivity index (χ2v) is 6.03. The normalized spacial score (nSPS) is 28.2. The summed E-state index contributed by atoms with van der Waals surface area (Å²) in [6.07, 6.45) is 2.86. The number of anilines is 1. The van der Waals surface area contributed by atoms with Gasteiger partial charge < -0.3 is 10.1 Å². The number of rotatable bonds is 3. The van der Waals surface area contributed by atoms with Crippen LogP contribution in [-0.4, -0.2) is 30.1 Å². The molecule has 0 bridgehead atoms. The highest BCUT2D eigenvalue weighted by Crippen LogP contribution is 2.30. The highest BCUT2D eigenvalue weighted by Gasteiger charge is 2.32. The molecule has 0 aliphatic carbocycles. The maximum Gasteiger partial charge on any atom is 0.259 e. The fourth-order valence-electron chi connectivity index (χ4n) is 2.99. The highest BCUT2D eigenvalue weighted by atomic mass is 16.5. The van der Waals surface area contributed by atoms with Gasteiger partial charge in [0, 0.05) is 18.3 Å². The summed E-state index contributed by atoms with van der Waals surface area (Å²) >= 11 is 0. The molecule has 0 aromatic heterocycles. The van der Waals surface area contributed by atoms with Gasteiger partial charge in [-0.05, 0) is 44.4 Å². The van der Waals surface area contributed by atoms with Gasteiger partial charge in [-0.15, -0.1) is 0 Å². The van der Waals surface area contributed by atoms with Crippen LogP contribution >= 0.6 is 0 Å². The lowest BCUT2D eigenvalue weighted by molar-refractivity contribution is -0.0708. The Morgan fingerprint density at radius 3 is 2.86 bits per heavy atom. The third kappa shape index (κ3) is 2.65. The van der Waals surface area contributed by atoms with E-state index in [4.69, 9.17) is 4.74 Å². The van der Waals surface area contributed by atoms with Crippen molar-refractivity contribution in [1.82, 2.24) is 5.32 Å². The van der Waals surface area contributed by atoms with E-state index in [1.165, 1.54) is 0 Å². The van der Waals surface area contributed by atoms with Crippen molar-refractivity contribution < 1.29 is 14.3 Å². The highest BCUT2D eigenvalue weighted by molar-refractivity contribution is 6.21. The van der Waals surface area contributed by atoms with Gasteiger partial charge in [-0.25, -0.2) is 0 Å². The Bertz CT molecular complexity index is 599. The van der Waals surface area contributed by atoms with Crippen LogP contribution in [0.3, 0.4) is 0 Å². The maximum atomic E-state index is 11.7. The van der Waals surface area contributed by atoms with Gasteiger partial charge in [0.15, 0.2) is 0 Å². The van der Waals surface area contributed by atoms with E-state index < -0.39 is 0 Å². The van der Waals surface area contributed by atoms with Gasteiger partial charge in [-0.1, -0.05) is 6.92 Å². The molecule has 2 atom stereocenters. The number of imide groups is 1. The number of nitrogens with one attached hydrogen (secondary N) is 2. The average Bonchev–Trinajstić information content (AvgIpc) is 2.74. The largest absolute Gasteiger partial charge is 0.382 e. The number of amides is 2. The number of hydrogen-bond donors (Lipinski definition) is 2. The van der Waals surface area contributed by atoms with E-state index in [-0.39, 0.29) is 17.4 Å². The molecule has 5 heteroatoms. The molecule has 21 heavy (non-hydrogen) atoms. The number of carbonyl (C=O) groups excluding carboxylic acids is 2. The van der Waals surface area contributed by atoms with Crippen LogP contribution in [0.15, 0.2) is 18.2 Å². The molecule has 2 aliphatic rings. The molecular formula is C16H20N2O3. The van der Waals surface area contributed by atoms with Gasteiger partial charge in [0.1, 0.15) is 0 Å². The predicted octanol–water partition coefficient (Wildman–Crippen LogP) is 2.33. The summed E-state index contributed by atoms with van der Waals surface area (Å²) in [4.78, 5) is 23.2. The lowest BCUT2D eigenvalue weighted by Crippen LogP contribution is -2.41. The molecule has 112 valence electrons. The lowest BCUT2D eigenvalue weighted by Gasteiger charge is -2.38. The van der Waals surface area contributed by atoms with Gasteiger partial charge in [0.05, 0.1) is 16.7 Å². The third-order valence-electron chi connectivity index (χ3n) is 4.45. The van der Waals surface area contributed by atoms with Crippen LogP contribution < -0.4 is 10.6 Å². The maximum absolute atomic E-state index is 11.7. The second kappa shape index (κ2) is 5.15. The molecule has 0 spiro atoms. The first-order valence-corrected chi connectivity index (χ1v) is 7.41. The summed E-state index contributed by atoms with van der Waals surface area (Å²) in [5.74, 6) is -0.629. The Balaban J connectivity index is 1.76. The molecule has 2 heterocycles. The van der Waals surface area contributed by atoms with Crippen molar-refractivity contribution in [3.63, 3.8) is 0 Å². The zero-order valence-electron chi connectivity index (χ0n) is 12.4. The Morgan fingerprint density at radius 2 is 2.10 bits per heavy atom. The standard InChI is InChI=1S/C16H20N2O3/c1-3-16(2)9-11(6-7-21-16)17-10-4-5-12-13(8-10)15(20)18-14(12)19/h4-5,8,11,17H,3,6-7,9H2,1-2H3,(H,18,19,20). The Labute approximate surface area is 124 Å². The molecule has 1 fully saturated rings. The first-order chi connectivity index (χ1) is 10.0. The van der Waals surface area contributed by atoms with Gasteiger partial charge in [-0.3, -0.25) is 14.9 Å². The van der Waals surface area contributed by atoms with Crippen LogP contribution in [0.4, 0.5) is 5.69 Å². The second-order valence-electron chi connectivity index (χ2n) is 6.03. The first kappa shape index (κ1) is 14.1. The third-order valence-corrected chi connectivity index (χ3v) is 4.45. The molecule has 2 amide bonds.